The van der Waals surface area contributed by atoms with Gasteiger partial charge in [0.15, 0.2) is 0 Å². The Morgan fingerprint density at radius 1 is 1.00 bits per heavy atom. The predicted molar refractivity (Wildman–Crippen MR) is 89.0 cm³/mol. The minimum atomic E-state index is 0.898. The van der Waals surface area contributed by atoms with Gasteiger partial charge in [0.25, 0.3) is 0 Å². The minimum absolute atomic E-state index is 0.898. The summed E-state index contributed by atoms with van der Waals surface area (Å²) in [5.74, 6) is 0.898. The molecule has 0 unspecified atom stereocenters. The van der Waals surface area contributed by atoms with Gasteiger partial charge in [-0.3, -0.25) is 4.98 Å². The fourth-order valence-corrected chi connectivity index (χ4v) is 2.76. The second-order valence-corrected chi connectivity index (χ2v) is 5.46. The molecule has 1 heterocycles. The SMILES string of the molecule is CCCc1nc(C)cc(-c2ccc(OC)cc2)c1CCC. The largest absolute Gasteiger partial charge is 0.497 e. The molecule has 0 saturated carbocycles. The molecule has 0 spiro atoms. The van der Waals surface area contributed by atoms with E-state index in [0.29, 0.717) is 0 Å². The molecule has 0 atom stereocenters. The molecule has 0 radical (unpaired) electrons. The fourth-order valence-electron chi connectivity index (χ4n) is 2.76. The van der Waals surface area contributed by atoms with Crippen molar-refractivity contribution < 1.29 is 4.74 Å². The van der Waals surface area contributed by atoms with Crippen LogP contribution in [0.2, 0.25) is 0 Å². The second-order valence-electron chi connectivity index (χ2n) is 5.46. The van der Waals surface area contributed by atoms with E-state index >= 15 is 0 Å². The van der Waals surface area contributed by atoms with Crippen molar-refractivity contribution in [2.24, 2.45) is 0 Å². The van der Waals surface area contributed by atoms with Crippen molar-refractivity contribution in [2.45, 2.75) is 46.5 Å². The van der Waals surface area contributed by atoms with Crippen LogP contribution in [0.1, 0.15) is 43.6 Å². The van der Waals surface area contributed by atoms with E-state index in [1.807, 2.05) is 12.1 Å². The topological polar surface area (TPSA) is 22.1 Å². The van der Waals surface area contributed by atoms with Crippen molar-refractivity contribution in [2.75, 3.05) is 7.11 Å². The second kappa shape index (κ2) is 7.26. The van der Waals surface area contributed by atoms with Crippen LogP contribution >= 0.6 is 0 Å². The van der Waals surface area contributed by atoms with Crippen LogP contribution in [0.4, 0.5) is 0 Å². The molecule has 2 nitrogen and oxygen atoms in total. The van der Waals surface area contributed by atoms with E-state index in [9.17, 15) is 0 Å². The first-order valence-electron chi connectivity index (χ1n) is 7.83. The van der Waals surface area contributed by atoms with Crippen LogP contribution in [0.15, 0.2) is 30.3 Å². The maximum Gasteiger partial charge on any atom is 0.118 e. The maximum atomic E-state index is 5.26. The molecular formula is C19H25NO. The highest BCUT2D eigenvalue weighted by Gasteiger charge is 2.12. The third kappa shape index (κ3) is 3.63. The molecule has 0 bridgehead atoms. The Morgan fingerprint density at radius 2 is 1.67 bits per heavy atom. The zero-order chi connectivity index (χ0) is 15.2. The first kappa shape index (κ1) is 15.6. The molecule has 2 rings (SSSR count). The average Bonchev–Trinajstić information content (AvgIpc) is 2.50. The van der Waals surface area contributed by atoms with E-state index < -0.39 is 0 Å². The molecule has 0 amide bonds. The summed E-state index contributed by atoms with van der Waals surface area (Å²) >= 11 is 0. The molecule has 1 aromatic heterocycles. The van der Waals surface area contributed by atoms with Gasteiger partial charge in [-0.2, -0.15) is 0 Å². The summed E-state index contributed by atoms with van der Waals surface area (Å²) in [6.07, 6.45) is 4.42. The summed E-state index contributed by atoms with van der Waals surface area (Å²) in [5.41, 5.74) is 6.36. The number of hydrogen-bond acceptors (Lipinski definition) is 2. The lowest BCUT2D eigenvalue weighted by Gasteiger charge is -2.15. The first-order valence-corrected chi connectivity index (χ1v) is 7.83. The zero-order valence-corrected chi connectivity index (χ0v) is 13.6. The number of nitrogens with zero attached hydrogens (tertiary/aromatic N) is 1. The summed E-state index contributed by atoms with van der Waals surface area (Å²) in [7, 11) is 1.70. The van der Waals surface area contributed by atoms with Crippen LogP contribution in [-0.4, -0.2) is 12.1 Å². The van der Waals surface area contributed by atoms with Gasteiger partial charge in [0.05, 0.1) is 7.11 Å². The number of ether oxygens (including phenoxy) is 1. The lowest BCUT2D eigenvalue weighted by atomic mass is 9.93. The van der Waals surface area contributed by atoms with E-state index in [2.05, 4.69) is 39.0 Å². The molecule has 0 aliphatic heterocycles. The van der Waals surface area contributed by atoms with Crippen molar-refractivity contribution in [1.82, 2.24) is 4.98 Å². The maximum absolute atomic E-state index is 5.26. The Bertz CT molecular complexity index is 587. The number of hydrogen-bond donors (Lipinski definition) is 0. The van der Waals surface area contributed by atoms with Crippen molar-refractivity contribution in [3.8, 4) is 16.9 Å². The Labute approximate surface area is 128 Å². The quantitative estimate of drug-likeness (QED) is 0.746. The van der Waals surface area contributed by atoms with E-state index in [4.69, 9.17) is 9.72 Å². The monoisotopic (exact) mass is 283 g/mol. The van der Waals surface area contributed by atoms with Crippen molar-refractivity contribution in [3.05, 3.63) is 47.3 Å². The standard InChI is InChI=1S/C19H25NO/c1-5-7-17-18(13-14(3)20-19(17)8-6-2)15-9-11-16(21-4)12-10-15/h9-13H,5-8H2,1-4H3. The van der Waals surface area contributed by atoms with Crippen LogP contribution in [-0.2, 0) is 12.8 Å². The number of aromatic nitrogens is 1. The summed E-state index contributed by atoms with van der Waals surface area (Å²) < 4.78 is 5.26. The van der Waals surface area contributed by atoms with Gasteiger partial charge in [0.1, 0.15) is 5.75 Å². The molecule has 0 N–H and O–H groups in total. The van der Waals surface area contributed by atoms with Gasteiger partial charge in [0.2, 0.25) is 0 Å². The van der Waals surface area contributed by atoms with Crippen molar-refractivity contribution in [1.29, 1.82) is 0 Å². The molecule has 2 aromatic rings. The first-order chi connectivity index (χ1) is 10.2. The van der Waals surface area contributed by atoms with Gasteiger partial charge in [0, 0.05) is 11.4 Å². The zero-order valence-electron chi connectivity index (χ0n) is 13.6. The van der Waals surface area contributed by atoms with Gasteiger partial charge in [-0.1, -0.05) is 38.8 Å². The third-order valence-electron chi connectivity index (χ3n) is 3.73. The summed E-state index contributed by atoms with van der Waals surface area (Å²) in [5, 5.41) is 0. The van der Waals surface area contributed by atoms with Crippen LogP contribution in [0.5, 0.6) is 5.75 Å². The van der Waals surface area contributed by atoms with Gasteiger partial charge >= 0.3 is 0 Å². The molecule has 0 fully saturated rings. The highest BCUT2D eigenvalue weighted by molar-refractivity contribution is 5.69. The molecule has 0 aliphatic rings. The van der Waals surface area contributed by atoms with Gasteiger partial charge in [-0.05, 0) is 54.7 Å². The van der Waals surface area contributed by atoms with E-state index in [-0.39, 0.29) is 0 Å². The molecule has 112 valence electrons. The Kier molecular flexibility index (Phi) is 5.38. The molecule has 2 heteroatoms. The molecule has 0 aliphatic carbocycles. The van der Waals surface area contributed by atoms with Crippen LogP contribution in [0, 0.1) is 6.92 Å². The van der Waals surface area contributed by atoms with Crippen LogP contribution in [0.25, 0.3) is 11.1 Å². The highest BCUT2D eigenvalue weighted by Crippen LogP contribution is 2.29. The van der Waals surface area contributed by atoms with E-state index in [0.717, 1.165) is 37.1 Å². The number of rotatable bonds is 6. The van der Waals surface area contributed by atoms with Gasteiger partial charge in [-0.15, -0.1) is 0 Å². The molecule has 21 heavy (non-hydrogen) atoms. The number of benzene rings is 1. The normalized spacial score (nSPS) is 10.7. The van der Waals surface area contributed by atoms with Crippen LogP contribution < -0.4 is 4.74 Å². The lowest BCUT2D eigenvalue weighted by Crippen LogP contribution is -2.03. The molecular weight excluding hydrogens is 258 g/mol. The Balaban J connectivity index is 2.53. The molecule has 0 saturated heterocycles. The number of pyridine rings is 1. The summed E-state index contributed by atoms with van der Waals surface area (Å²) in [6.45, 7) is 6.53. The van der Waals surface area contributed by atoms with Crippen molar-refractivity contribution in [3.63, 3.8) is 0 Å². The summed E-state index contributed by atoms with van der Waals surface area (Å²) in [4.78, 5) is 4.78. The number of methoxy groups -OCH3 is 1. The van der Waals surface area contributed by atoms with Crippen LogP contribution in [0.3, 0.4) is 0 Å². The smallest absolute Gasteiger partial charge is 0.118 e. The van der Waals surface area contributed by atoms with Gasteiger partial charge in [-0.25, -0.2) is 0 Å². The summed E-state index contributed by atoms with van der Waals surface area (Å²) in [6, 6.07) is 10.6. The Morgan fingerprint density at radius 3 is 2.24 bits per heavy atom. The van der Waals surface area contributed by atoms with Gasteiger partial charge < -0.3 is 4.74 Å². The lowest BCUT2D eigenvalue weighted by molar-refractivity contribution is 0.415. The molecule has 1 aromatic carbocycles. The van der Waals surface area contributed by atoms with E-state index in [1.54, 1.807) is 7.11 Å². The third-order valence-corrected chi connectivity index (χ3v) is 3.73. The van der Waals surface area contributed by atoms with Crippen molar-refractivity contribution >= 4 is 0 Å². The number of aryl methyl sites for hydroxylation is 2. The predicted octanol–water partition coefficient (Wildman–Crippen LogP) is 4.97. The highest BCUT2D eigenvalue weighted by atomic mass is 16.5. The minimum Gasteiger partial charge on any atom is -0.497 e. The van der Waals surface area contributed by atoms with E-state index in [1.165, 1.54) is 22.4 Å². The average molecular weight is 283 g/mol. The Hall–Kier alpha value is -1.83. The fraction of sp³-hybridized carbons (Fsp3) is 0.421.